The minimum absolute atomic E-state index is 0.000756. The topological polar surface area (TPSA) is 107 Å². The van der Waals surface area contributed by atoms with Gasteiger partial charge in [-0.2, -0.15) is 13.2 Å². The van der Waals surface area contributed by atoms with Crippen molar-refractivity contribution >= 4 is 23.5 Å². The van der Waals surface area contributed by atoms with E-state index in [9.17, 15) is 37.8 Å². The summed E-state index contributed by atoms with van der Waals surface area (Å²) in [4.78, 5) is 39.8. The number of para-hydroxylation sites is 1. The fourth-order valence-electron chi connectivity index (χ4n) is 4.66. The lowest BCUT2D eigenvalue weighted by Gasteiger charge is -2.29. The number of fused-ring (bicyclic) bond motifs is 1. The second-order valence-electron chi connectivity index (χ2n) is 7.98. The van der Waals surface area contributed by atoms with Crippen LogP contribution in [-0.2, 0) is 20.6 Å². The number of aliphatic carboxylic acids is 1. The van der Waals surface area contributed by atoms with Crippen LogP contribution in [0.3, 0.4) is 0 Å². The molecule has 2 saturated heterocycles. The number of nitrogens with one attached hydrogen (secondary N) is 1. The van der Waals surface area contributed by atoms with E-state index in [1.165, 1.54) is 12.1 Å². The van der Waals surface area contributed by atoms with E-state index in [-0.39, 0.29) is 11.3 Å². The van der Waals surface area contributed by atoms with Crippen molar-refractivity contribution in [2.24, 2.45) is 11.8 Å². The largest absolute Gasteiger partial charge is 0.480 e. The molecule has 0 aliphatic carbocycles. The van der Waals surface area contributed by atoms with Gasteiger partial charge in [0, 0.05) is 6.04 Å². The standard InChI is InChI=1S/C22H19F3N2O5/c1-11-5-2-3-8-14(11)27-18(29)15-16(19(27)30)21(10-28,20(31)32)26-17(15)12-6-4-7-13(9-12)22(23,24)25/h2-9,15-17,26,28H,10H2,1H3,(H,31,32). The lowest BCUT2D eigenvalue weighted by molar-refractivity contribution is -0.151. The zero-order chi connectivity index (χ0) is 23.4. The molecule has 2 heterocycles. The molecule has 168 valence electrons. The Morgan fingerprint density at radius 2 is 1.81 bits per heavy atom. The average Bonchev–Trinajstić information content (AvgIpc) is 3.23. The van der Waals surface area contributed by atoms with Gasteiger partial charge in [-0.05, 0) is 36.2 Å². The molecule has 32 heavy (non-hydrogen) atoms. The first kappa shape index (κ1) is 22.0. The van der Waals surface area contributed by atoms with Crippen LogP contribution in [0, 0.1) is 18.8 Å². The predicted octanol–water partition coefficient (Wildman–Crippen LogP) is 2.28. The lowest BCUT2D eigenvalue weighted by Crippen LogP contribution is -2.58. The van der Waals surface area contributed by atoms with E-state index in [1.807, 2.05) is 0 Å². The molecular formula is C22H19F3N2O5. The van der Waals surface area contributed by atoms with Gasteiger partial charge in [0.05, 0.1) is 29.7 Å². The van der Waals surface area contributed by atoms with Crippen LogP contribution in [-0.4, -0.2) is 40.1 Å². The zero-order valence-electron chi connectivity index (χ0n) is 16.8. The second kappa shape index (κ2) is 7.42. The van der Waals surface area contributed by atoms with Gasteiger partial charge in [-0.25, -0.2) is 4.90 Å². The summed E-state index contributed by atoms with van der Waals surface area (Å²) in [6, 6.07) is 9.43. The molecule has 2 fully saturated rings. The van der Waals surface area contributed by atoms with E-state index >= 15 is 0 Å². The first-order chi connectivity index (χ1) is 15.0. The molecule has 0 saturated carbocycles. The van der Waals surface area contributed by atoms with E-state index in [1.54, 1.807) is 25.1 Å². The summed E-state index contributed by atoms with van der Waals surface area (Å²) in [7, 11) is 0. The Hall–Kier alpha value is -3.24. The molecule has 0 aromatic heterocycles. The number of hydrogen-bond donors (Lipinski definition) is 3. The first-order valence-corrected chi connectivity index (χ1v) is 9.75. The number of carboxylic acids is 1. The zero-order valence-corrected chi connectivity index (χ0v) is 16.8. The molecule has 2 amide bonds. The number of anilines is 1. The monoisotopic (exact) mass is 448 g/mol. The van der Waals surface area contributed by atoms with Crippen molar-refractivity contribution < 1.29 is 37.8 Å². The lowest BCUT2D eigenvalue weighted by atomic mass is 9.79. The summed E-state index contributed by atoms with van der Waals surface area (Å²) in [5.74, 6) is -5.95. The van der Waals surface area contributed by atoms with Crippen molar-refractivity contribution in [2.45, 2.75) is 24.7 Å². The number of nitrogens with zero attached hydrogens (tertiary/aromatic N) is 1. The molecule has 2 aliphatic rings. The molecule has 4 atom stereocenters. The minimum Gasteiger partial charge on any atom is -0.480 e. The number of carboxylic acid groups (broad SMARTS) is 1. The maximum atomic E-state index is 13.4. The molecule has 3 N–H and O–H groups in total. The number of imide groups is 1. The number of carbonyl (C=O) groups excluding carboxylic acids is 2. The number of amides is 2. The Morgan fingerprint density at radius 3 is 2.41 bits per heavy atom. The maximum Gasteiger partial charge on any atom is 0.416 e. The van der Waals surface area contributed by atoms with Crippen LogP contribution in [0.25, 0.3) is 0 Å². The molecule has 0 spiro atoms. The highest BCUT2D eigenvalue weighted by molar-refractivity contribution is 6.24. The third-order valence-electron chi connectivity index (χ3n) is 6.21. The third-order valence-corrected chi connectivity index (χ3v) is 6.21. The van der Waals surface area contributed by atoms with E-state index in [2.05, 4.69) is 5.32 Å². The SMILES string of the molecule is Cc1ccccc1N1C(=O)C2C(c3cccc(C(F)(F)F)c3)NC(CO)(C(=O)O)C2C1=O. The van der Waals surface area contributed by atoms with Gasteiger partial charge in [0.15, 0.2) is 5.54 Å². The van der Waals surface area contributed by atoms with Crippen molar-refractivity contribution in [3.8, 4) is 0 Å². The number of rotatable bonds is 4. The summed E-state index contributed by atoms with van der Waals surface area (Å²) in [6.45, 7) is 0.641. The van der Waals surface area contributed by atoms with Gasteiger partial charge in [0.2, 0.25) is 11.8 Å². The van der Waals surface area contributed by atoms with Crippen LogP contribution in [0.2, 0.25) is 0 Å². The highest BCUT2D eigenvalue weighted by Crippen LogP contribution is 2.50. The van der Waals surface area contributed by atoms with Crippen molar-refractivity contribution in [1.29, 1.82) is 0 Å². The summed E-state index contributed by atoms with van der Waals surface area (Å²) in [5, 5.41) is 22.5. The van der Waals surface area contributed by atoms with Gasteiger partial charge in [-0.15, -0.1) is 0 Å². The molecule has 4 rings (SSSR count). The molecule has 7 nitrogen and oxygen atoms in total. The predicted molar refractivity (Wildman–Crippen MR) is 105 cm³/mol. The Morgan fingerprint density at radius 1 is 1.12 bits per heavy atom. The number of aliphatic hydroxyl groups is 1. The Kier molecular flexibility index (Phi) is 5.09. The van der Waals surface area contributed by atoms with Crippen molar-refractivity contribution in [3.05, 3.63) is 65.2 Å². The first-order valence-electron chi connectivity index (χ1n) is 9.75. The molecule has 4 unspecified atom stereocenters. The number of carbonyl (C=O) groups is 3. The van der Waals surface area contributed by atoms with Crippen LogP contribution in [0.15, 0.2) is 48.5 Å². The van der Waals surface area contributed by atoms with Crippen molar-refractivity contribution in [3.63, 3.8) is 0 Å². The van der Waals surface area contributed by atoms with E-state index in [0.717, 1.165) is 23.1 Å². The Bertz CT molecular complexity index is 1120. The Labute approximate surface area is 180 Å². The number of aliphatic hydroxyl groups excluding tert-OH is 1. The van der Waals surface area contributed by atoms with E-state index < -0.39 is 59.5 Å². The van der Waals surface area contributed by atoms with Crippen LogP contribution in [0.4, 0.5) is 18.9 Å². The number of benzene rings is 2. The van der Waals surface area contributed by atoms with E-state index in [4.69, 9.17) is 0 Å². The molecule has 2 aliphatic heterocycles. The number of hydrogen-bond acceptors (Lipinski definition) is 5. The third kappa shape index (κ3) is 3.09. The average molecular weight is 448 g/mol. The summed E-state index contributed by atoms with van der Waals surface area (Å²) in [6.07, 6.45) is -4.66. The Balaban J connectivity index is 1.87. The molecule has 10 heteroatoms. The highest BCUT2D eigenvalue weighted by Gasteiger charge is 2.68. The molecule has 2 aromatic carbocycles. The normalized spacial score (nSPS) is 27.7. The number of alkyl halides is 3. The van der Waals surface area contributed by atoms with Crippen LogP contribution >= 0.6 is 0 Å². The number of halogens is 3. The van der Waals surface area contributed by atoms with Gasteiger partial charge in [-0.1, -0.05) is 30.3 Å². The quantitative estimate of drug-likeness (QED) is 0.620. The van der Waals surface area contributed by atoms with Crippen LogP contribution < -0.4 is 10.2 Å². The van der Waals surface area contributed by atoms with Gasteiger partial charge in [0.25, 0.3) is 0 Å². The smallest absolute Gasteiger partial charge is 0.416 e. The fraction of sp³-hybridized carbons (Fsp3) is 0.318. The van der Waals surface area contributed by atoms with Gasteiger partial charge < -0.3 is 10.2 Å². The summed E-state index contributed by atoms with van der Waals surface area (Å²) >= 11 is 0. The minimum atomic E-state index is -4.66. The van der Waals surface area contributed by atoms with Gasteiger partial charge in [0.1, 0.15) is 0 Å². The molecule has 0 radical (unpaired) electrons. The summed E-state index contributed by atoms with van der Waals surface area (Å²) in [5.41, 5.74) is -2.36. The van der Waals surface area contributed by atoms with Crippen molar-refractivity contribution in [1.82, 2.24) is 5.32 Å². The fourth-order valence-corrected chi connectivity index (χ4v) is 4.66. The number of aryl methyl sites for hydroxylation is 1. The highest BCUT2D eigenvalue weighted by atomic mass is 19.4. The van der Waals surface area contributed by atoms with Gasteiger partial charge in [-0.3, -0.25) is 19.7 Å². The van der Waals surface area contributed by atoms with E-state index in [0.29, 0.717) is 5.56 Å². The van der Waals surface area contributed by atoms with Gasteiger partial charge >= 0.3 is 12.1 Å². The van der Waals surface area contributed by atoms with Crippen LogP contribution in [0.1, 0.15) is 22.7 Å². The molecule has 2 aromatic rings. The molecular weight excluding hydrogens is 429 g/mol. The van der Waals surface area contributed by atoms with Crippen molar-refractivity contribution in [2.75, 3.05) is 11.5 Å². The van der Waals surface area contributed by atoms with Crippen LogP contribution in [0.5, 0.6) is 0 Å². The molecule has 0 bridgehead atoms. The summed E-state index contributed by atoms with van der Waals surface area (Å²) < 4.78 is 39.8. The maximum absolute atomic E-state index is 13.4. The second-order valence-corrected chi connectivity index (χ2v) is 7.98.